The summed E-state index contributed by atoms with van der Waals surface area (Å²) in [4.78, 5) is 0. The first-order valence-electron chi connectivity index (χ1n) is 13.2. The number of fused-ring (bicyclic) bond motifs is 1. The summed E-state index contributed by atoms with van der Waals surface area (Å²) in [6.45, 7) is 6.84. The molecule has 0 radical (unpaired) electrons. The molecule has 2 heterocycles. The van der Waals surface area contributed by atoms with E-state index in [0.717, 1.165) is 45.0 Å². The molecule has 2 aliphatic heterocycles. The Morgan fingerprint density at radius 3 is 2.43 bits per heavy atom. The lowest BCUT2D eigenvalue weighted by Gasteiger charge is -2.32. The Hall–Kier alpha value is -2.44. The average Bonchev–Trinajstić information content (AvgIpc) is 2.93. The van der Waals surface area contributed by atoms with E-state index in [0.29, 0.717) is 31.7 Å². The lowest BCUT2D eigenvalue weighted by Crippen LogP contribution is -2.40. The third-order valence-electron chi connectivity index (χ3n) is 7.32. The van der Waals surface area contributed by atoms with Crippen LogP contribution in [0.5, 0.6) is 5.75 Å². The van der Waals surface area contributed by atoms with Crippen molar-refractivity contribution < 1.29 is 14.2 Å². The Morgan fingerprint density at radius 1 is 0.771 bits per heavy atom. The van der Waals surface area contributed by atoms with Gasteiger partial charge in [0.25, 0.3) is 0 Å². The van der Waals surface area contributed by atoms with Gasteiger partial charge in [-0.05, 0) is 84.9 Å². The van der Waals surface area contributed by atoms with Gasteiger partial charge in [0.05, 0.1) is 19.3 Å². The quantitative estimate of drug-likeness (QED) is 0.410. The van der Waals surface area contributed by atoms with Gasteiger partial charge in [-0.1, -0.05) is 48.5 Å². The van der Waals surface area contributed by atoms with Gasteiger partial charge in [-0.3, -0.25) is 0 Å². The number of hydrogen-bond donors (Lipinski definition) is 2. The largest absolute Gasteiger partial charge is 0.491 e. The first-order valence-corrected chi connectivity index (χ1v) is 13.2. The van der Waals surface area contributed by atoms with Gasteiger partial charge in [-0.25, -0.2) is 0 Å². The van der Waals surface area contributed by atoms with Crippen LogP contribution in [0.2, 0.25) is 0 Å². The molecule has 2 unspecified atom stereocenters. The van der Waals surface area contributed by atoms with Gasteiger partial charge in [-0.2, -0.15) is 0 Å². The van der Waals surface area contributed by atoms with Gasteiger partial charge in [0.1, 0.15) is 12.4 Å². The van der Waals surface area contributed by atoms with Gasteiger partial charge in [0, 0.05) is 19.1 Å². The van der Waals surface area contributed by atoms with E-state index in [1.54, 1.807) is 0 Å². The monoisotopic (exact) mass is 474 g/mol. The highest BCUT2D eigenvalue weighted by atomic mass is 16.5. The maximum atomic E-state index is 6.44. The highest BCUT2D eigenvalue weighted by Gasteiger charge is 2.27. The number of ether oxygens (including phenoxy) is 3. The molecule has 0 spiro atoms. The van der Waals surface area contributed by atoms with Crippen LogP contribution in [0, 0.1) is 5.92 Å². The molecule has 35 heavy (non-hydrogen) atoms. The molecule has 0 aliphatic carbocycles. The van der Waals surface area contributed by atoms with Crippen LogP contribution in [0.3, 0.4) is 0 Å². The van der Waals surface area contributed by atoms with Crippen molar-refractivity contribution in [3.63, 3.8) is 0 Å². The summed E-state index contributed by atoms with van der Waals surface area (Å²) in [6, 6.07) is 23.7. The SMILES string of the molecule is c1ccc2cc(COC3CNCCC3c3ccc(OCCOCC4CCNCC4)cc3)ccc2c1. The van der Waals surface area contributed by atoms with Crippen LogP contribution in [0.25, 0.3) is 10.8 Å². The van der Waals surface area contributed by atoms with E-state index in [4.69, 9.17) is 14.2 Å². The molecule has 0 amide bonds. The molecule has 2 fully saturated rings. The number of piperidine rings is 2. The molecule has 2 N–H and O–H groups in total. The van der Waals surface area contributed by atoms with Crippen molar-refractivity contribution in [3.05, 3.63) is 77.9 Å². The molecule has 5 nitrogen and oxygen atoms in total. The second-order valence-corrected chi connectivity index (χ2v) is 9.82. The summed E-state index contributed by atoms with van der Waals surface area (Å²) in [5, 5.41) is 9.44. The Labute approximate surface area is 209 Å². The predicted molar refractivity (Wildman–Crippen MR) is 141 cm³/mol. The van der Waals surface area contributed by atoms with Crippen molar-refractivity contribution in [2.75, 3.05) is 46.0 Å². The van der Waals surface area contributed by atoms with Crippen LogP contribution in [0.1, 0.15) is 36.3 Å². The summed E-state index contributed by atoms with van der Waals surface area (Å²) < 4.78 is 18.2. The minimum absolute atomic E-state index is 0.158. The molecule has 0 aromatic heterocycles. The topological polar surface area (TPSA) is 51.8 Å². The van der Waals surface area contributed by atoms with E-state index in [1.807, 2.05) is 0 Å². The Morgan fingerprint density at radius 2 is 1.57 bits per heavy atom. The summed E-state index contributed by atoms with van der Waals surface area (Å²) in [5.41, 5.74) is 2.55. The van der Waals surface area contributed by atoms with E-state index in [2.05, 4.69) is 77.4 Å². The van der Waals surface area contributed by atoms with E-state index >= 15 is 0 Å². The molecule has 186 valence electrons. The zero-order valence-electron chi connectivity index (χ0n) is 20.6. The second-order valence-electron chi connectivity index (χ2n) is 9.82. The first-order chi connectivity index (χ1) is 17.3. The number of rotatable bonds is 10. The molecule has 3 aromatic rings. The lowest BCUT2D eigenvalue weighted by molar-refractivity contribution is 0.0106. The average molecular weight is 475 g/mol. The van der Waals surface area contributed by atoms with Crippen molar-refractivity contribution in [2.24, 2.45) is 5.92 Å². The predicted octanol–water partition coefficient (Wildman–Crippen LogP) is 4.90. The minimum Gasteiger partial charge on any atom is -0.491 e. The standard InChI is InChI=1S/C30H38N2O3/c1-2-4-27-19-24(5-6-25(27)3-1)22-35-30-20-32-16-13-29(30)26-7-9-28(10-8-26)34-18-17-33-21-23-11-14-31-15-12-23/h1-10,19,23,29-32H,11-18,20-22H2. The van der Waals surface area contributed by atoms with Crippen LogP contribution >= 0.6 is 0 Å². The number of benzene rings is 3. The van der Waals surface area contributed by atoms with Crippen molar-refractivity contribution in [1.29, 1.82) is 0 Å². The van der Waals surface area contributed by atoms with Crippen molar-refractivity contribution >= 4 is 10.8 Å². The summed E-state index contributed by atoms with van der Waals surface area (Å²) in [6.07, 6.45) is 3.66. The molecular weight excluding hydrogens is 436 g/mol. The smallest absolute Gasteiger partial charge is 0.119 e. The third-order valence-corrected chi connectivity index (χ3v) is 7.32. The lowest BCUT2D eigenvalue weighted by atomic mass is 9.87. The van der Waals surface area contributed by atoms with Crippen LogP contribution in [-0.4, -0.2) is 52.1 Å². The maximum Gasteiger partial charge on any atom is 0.119 e. The van der Waals surface area contributed by atoms with Gasteiger partial charge >= 0.3 is 0 Å². The Kier molecular flexibility index (Phi) is 8.66. The fraction of sp³-hybridized carbons (Fsp3) is 0.467. The van der Waals surface area contributed by atoms with E-state index in [9.17, 15) is 0 Å². The summed E-state index contributed by atoms with van der Waals surface area (Å²) >= 11 is 0. The molecular formula is C30H38N2O3. The first kappa shape index (κ1) is 24.3. The summed E-state index contributed by atoms with van der Waals surface area (Å²) in [5.74, 6) is 1.98. The molecule has 0 saturated carbocycles. The highest BCUT2D eigenvalue weighted by Crippen LogP contribution is 2.30. The summed E-state index contributed by atoms with van der Waals surface area (Å²) in [7, 11) is 0. The third kappa shape index (κ3) is 6.83. The molecule has 2 aliphatic rings. The fourth-order valence-corrected chi connectivity index (χ4v) is 5.25. The molecule has 0 bridgehead atoms. The van der Waals surface area contributed by atoms with E-state index in [1.165, 1.54) is 34.7 Å². The van der Waals surface area contributed by atoms with E-state index in [-0.39, 0.29) is 6.10 Å². The van der Waals surface area contributed by atoms with E-state index < -0.39 is 0 Å². The van der Waals surface area contributed by atoms with Crippen molar-refractivity contribution in [1.82, 2.24) is 10.6 Å². The van der Waals surface area contributed by atoms with Crippen LogP contribution < -0.4 is 15.4 Å². The Balaban J connectivity index is 1.10. The second kappa shape index (κ2) is 12.5. The normalized spacial score (nSPS) is 21.3. The number of nitrogens with one attached hydrogen (secondary N) is 2. The zero-order chi connectivity index (χ0) is 23.7. The molecule has 2 saturated heterocycles. The molecule has 5 heteroatoms. The Bertz CT molecular complexity index is 1050. The molecule has 2 atom stereocenters. The van der Waals surface area contributed by atoms with Gasteiger partial charge in [-0.15, -0.1) is 0 Å². The van der Waals surface area contributed by atoms with Crippen LogP contribution in [-0.2, 0) is 16.1 Å². The minimum atomic E-state index is 0.158. The fourth-order valence-electron chi connectivity index (χ4n) is 5.25. The van der Waals surface area contributed by atoms with Crippen LogP contribution in [0.15, 0.2) is 66.7 Å². The van der Waals surface area contributed by atoms with Gasteiger partial charge in [0.2, 0.25) is 0 Å². The van der Waals surface area contributed by atoms with Crippen LogP contribution in [0.4, 0.5) is 0 Å². The van der Waals surface area contributed by atoms with Gasteiger partial charge < -0.3 is 24.8 Å². The highest BCUT2D eigenvalue weighted by molar-refractivity contribution is 5.82. The molecule has 3 aromatic carbocycles. The zero-order valence-corrected chi connectivity index (χ0v) is 20.6. The molecule has 5 rings (SSSR count). The van der Waals surface area contributed by atoms with Gasteiger partial charge in [0.15, 0.2) is 0 Å². The number of hydrogen-bond acceptors (Lipinski definition) is 5. The van der Waals surface area contributed by atoms with Crippen molar-refractivity contribution in [3.8, 4) is 5.75 Å². The maximum absolute atomic E-state index is 6.44. The van der Waals surface area contributed by atoms with Crippen molar-refractivity contribution in [2.45, 2.75) is 37.9 Å².